The third-order valence-electron chi connectivity index (χ3n) is 5.63. The van der Waals surface area contributed by atoms with Crippen molar-refractivity contribution >= 4 is 11.9 Å². The number of guanidine groups is 1. The summed E-state index contributed by atoms with van der Waals surface area (Å²) in [6.07, 6.45) is -4.21. The quantitative estimate of drug-likeness (QED) is 0.522. The number of amides is 1. The molecule has 0 bridgehead atoms. The molecule has 31 heavy (non-hydrogen) atoms. The van der Waals surface area contributed by atoms with Gasteiger partial charge in [0, 0.05) is 51.4 Å². The highest BCUT2D eigenvalue weighted by molar-refractivity contribution is 5.94. The number of nitrogens with zero attached hydrogens (tertiary/aromatic N) is 4. The number of alkyl halides is 3. The van der Waals surface area contributed by atoms with E-state index in [1.165, 1.54) is 11.8 Å². The highest BCUT2D eigenvalue weighted by Crippen LogP contribution is 2.25. The molecule has 1 N–H and O–H groups in total. The van der Waals surface area contributed by atoms with E-state index in [1.54, 1.807) is 4.90 Å². The van der Waals surface area contributed by atoms with Crippen LogP contribution in [0, 0.1) is 0 Å². The molecule has 1 heterocycles. The van der Waals surface area contributed by atoms with E-state index in [4.69, 9.17) is 0 Å². The number of hydrogen-bond acceptors (Lipinski definition) is 3. The highest BCUT2D eigenvalue weighted by Gasteiger charge is 2.41. The van der Waals surface area contributed by atoms with E-state index in [1.807, 2.05) is 49.9 Å². The van der Waals surface area contributed by atoms with Crippen LogP contribution in [0.3, 0.4) is 0 Å². The Kier molecular flexibility index (Phi) is 9.15. The predicted molar refractivity (Wildman–Crippen MR) is 117 cm³/mol. The zero-order valence-electron chi connectivity index (χ0n) is 18.9. The zero-order valence-corrected chi connectivity index (χ0v) is 18.9. The zero-order chi connectivity index (χ0) is 23.0. The van der Waals surface area contributed by atoms with Gasteiger partial charge in [-0.3, -0.25) is 9.69 Å². The Morgan fingerprint density at radius 1 is 1.10 bits per heavy atom. The molecule has 0 aliphatic carbocycles. The summed E-state index contributed by atoms with van der Waals surface area (Å²) in [7, 11) is 0. The molecular weight excluding hydrogens is 407 g/mol. The lowest BCUT2D eigenvalue weighted by atomic mass is 10.1. The van der Waals surface area contributed by atoms with Crippen molar-refractivity contribution in [3.63, 3.8) is 0 Å². The second-order valence-corrected chi connectivity index (χ2v) is 7.59. The van der Waals surface area contributed by atoms with Gasteiger partial charge < -0.3 is 15.1 Å². The minimum absolute atomic E-state index is 0.0133. The van der Waals surface area contributed by atoms with E-state index in [0.717, 1.165) is 5.56 Å². The van der Waals surface area contributed by atoms with Crippen molar-refractivity contribution < 1.29 is 18.0 Å². The number of carbonyl (C=O) groups is 1. The minimum Gasteiger partial charge on any atom is -0.357 e. The van der Waals surface area contributed by atoms with Crippen molar-refractivity contribution in [3.05, 3.63) is 35.4 Å². The molecule has 1 fully saturated rings. The van der Waals surface area contributed by atoms with Gasteiger partial charge in [-0.15, -0.1) is 0 Å². The maximum Gasteiger partial charge on any atom is 0.403 e. The molecule has 6 nitrogen and oxygen atoms in total. The van der Waals surface area contributed by atoms with Gasteiger partial charge in [-0.2, -0.15) is 13.2 Å². The van der Waals surface area contributed by atoms with Crippen LogP contribution >= 0.6 is 0 Å². The summed E-state index contributed by atoms with van der Waals surface area (Å²) >= 11 is 0. The SMILES string of the molecule is CCNC(=NCc1ccc(C(=O)N(CC)CC)cc1)N1CCN(C(C)C(F)(F)F)CC1. The van der Waals surface area contributed by atoms with Gasteiger partial charge in [-0.25, -0.2) is 4.99 Å². The number of aliphatic imine (C=N–C) groups is 1. The van der Waals surface area contributed by atoms with Crippen molar-refractivity contribution in [2.45, 2.75) is 46.5 Å². The molecule has 0 aromatic heterocycles. The summed E-state index contributed by atoms with van der Waals surface area (Å²) in [6, 6.07) is 5.98. The first-order chi connectivity index (χ1) is 14.7. The van der Waals surface area contributed by atoms with Crippen LogP contribution in [-0.4, -0.2) is 84.6 Å². The Hall–Kier alpha value is -2.29. The average molecular weight is 442 g/mol. The Balaban J connectivity index is 2.00. The molecule has 1 aromatic carbocycles. The summed E-state index contributed by atoms with van der Waals surface area (Å²) in [5.41, 5.74) is 1.62. The second-order valence-electron chi connectivity index (χ2n) is 7.59. The normalized spacial score (nSPS) is 16.9. The van der Waals surface area contributed by atoms with Gasteiger partial charge in [0.1, 0.15) is 6.04 Å². The third kappa shape index (κ3) is 6.85. The Morgan fingerprint density at radius 2 is 1.68 bits per heavy atom. The van der Waals surface area contributed by atoms with Crippen molar-refractivity contribution in [2.24, 2.45) is 4.99 Å². The monoisotopic (exact) mass is 441 g/mol. The fourth-order valence-corrected chi connectivity index (χ4v) is 3.57. The largest absolute Gasteiger partial charge is 0.403 e. The smallest absolute Gasteiger partial charge is 0.357 e. The number of benzene rings is 1. The molecule has 1 aliphatic rings. The first-order valence-corrected chi connectivity index (χ1v) is 10.9. The van der Waals surface area contributed by atoms with Gasteiger partial charge in [0.25, 0.3) is 5.91 Å². The summed E-state index contributed by atoms with van der Waals surface area (Å²) in [6.45, 7) is 11.2. The van der Waals surface area contributed by atoms with Crippen LogP contribution in [0.4, 0.5) is 13.2 Å². The lowest BCUT2D eigenvalue weighted by Crippen LogP contribution is -2.56. The number of halogens is 3. The van der Waals surface area contributed by atoms with Gasteiger partial charge in [0.2, 0.25) is 0 Å². The predicted octanol–water partition coefficient (Wildman–Crippen LogP) is 3.20. The van der Waals surface area contributed by atoms with E-state index in [0.29, 0.717) is 63.9 Å². The van der Waals surface area contributed by atoms with E-state index < -0.39 is 12.2 Å². The Bertz CT molecular complexity index is 724. The highest BCUT2D eigenvalue weighted by atomic mass is 19.4. The fourth-order valence-electron chi connectivity index (χ4n) is 3.57. The number of hydrogen-bond donors (Lipinski definition) is 1. The van der Waals surface area contributed by atoms with Gasteiger partial charge >= 0.3 is 6.18 Å². The first-order valence-electron chi connectivity index (χ1n) is 10.9. The summed E-state index contributed by atoms with van der Waals surface area (Å²) < 4.78 is 38.9. The lowest BCUT2D eigenvalue weighted by Gasteiger charge is -2.39. The summed E-state index contributed by atoms with van der Waals surface area (Å²) in [4.78, 5) is 22.3. The summed E-state index contributed by atoms with van der Waals surface area (Å²) in [5.74, 6) is 0.712. The van der Waals surface area contributed by atoms with Crippen LogP contribution in [0.25, 0.3) is 0 Å². The van der Waals surface area contributed by atoms with Crippen molar-refractivity contribution in [1.82, 2.24) is 20.0 Å². The molecule has 174 valence electrons. The van der Waals surface area contributed by atoms with Crippen LogP contribution in [0.2, 0.25) is 0 Å². The molecule has 0 radical (unpaired) electrons. The third-order valence-corrected chi connectivity index (χ3v) is 5.63. The molecule has 1 aromatic rings. The van der Waals surface area contributed by atoms with Gasteiger partial charge in [0.15, 0.2) is 5.96 Å². The number of piperazine rings is 1. The molecule has 0 spiro atoms. The summed E-state index contributed by atoms with van der Waals surface area (Å²) in [5, 5.41) is 3.23. The topological polar surface area (TPSA) is 51.2 Å². The van der Waals surface area contributed by atoms with Crippen LogP contribution in [0.5, 0.6) is 0 Å². The Morgan fingerprint density at radius 3 is 2.16 bits per heavy atom. The van der Waals surface area contributed by atoms with Crippen LogP contribution < -0.4 is 5.32 Å². The Labute approximate surface area is 183 Å². The number of nitrogens with one attached hydrogen (secondary N) is 1. The van der Waals surface area contributed by atoms with Crippen LogP contribution in [0.1, 0.15) is 43.6 Å². The van der Waals surface area contributed by atoms with E-state index in [2.05, 4.69) is 10.3 Å². The molecule has 1 amide bonds. The second kappa shape index (κ2) is 11.4. The maximum absolute atomic E-state index is 13.0. The van der Waals surface area contributed by atoms with E-state index in [-0.39, 0.29) is 5.91 Å². The molecule has 1 saturated heterocycles. The van der Waals surface area contributed by atoms with E-state index >= 15 is 0 Å². The molecule has 1 unspecified atom stereocenters. The van der Waals surface area contributed by atoms with Gasteiger partial charge in [0.05, 0.1) is 6.54 Å². The van der Waals surface area contributed by atoms with Crippen LogP contribution in [-0.2, 0) is 6.54 Å². The van der Waals surface area contributed by atoms with Crippen molar-refractivity contribution in [2.75, 3.05) is 45.8 Å². The lowest BCUT2D eigenvalue weighted by molar-refractivity contribution is -0.181. The van der Waals surface area contributed by atoms with E-state index in [9.17, 15) is 18.0 Å². The number of rotatable bonds is 7. The molecule has 0 saturated carbocycles. The van der Waals surface area contributed by atoms with Crippen molar-refractivity contribution in [1.29, 1.82) is 0 Å². The molecule has 9 heteroatoms. The van der Waals surface area contributed by atoms with Gasteiger partial charge in [-0.1, -0.05) is 12.1 Å². The maximum atomic E-state index is 13.0. The standard InChI is InChI=1S/C22H34F3N5O/c1-5-26-21(30-14-12-29(13-15-30)17(4)22(23,24)25)27-16-18-8-10-19(11-9-18)20(31)28(6-2)7-3/h8-11,17H,5-7,12-16H2,1-4H3,(H,26,27). The fraction of sp³-hybridized carbons (Fsp3) is 0.636. The average Bonchev–Trinajstić information content (AvgIpc) is 2.76. The number of carbonyl (C=O) groups excluding carboxylic acids is 1. The van der Waals surface area contributed by atoms with Crippen molar-refractivity contribution in [3.8, 4) is 0 Å². The molecule has 1 atom stereocenters. The minimum atomic E-state index is -4.21. The molecule has 1 aliphatic heterocycles. The molecular formula is C22H34F3N5O. The van der Waals surface area contributed by atoms with Gasteiger partial charge in [-0.05, 0) is 45.4 Å². The first kappa shape index (κ1) is 25.0. The van der Waals surface area contributed by atoms with Crippen LogP contribution in [0.15, 0.2) is 29.3 Å². The molecule has 2 rings (SSSR count).